The van der Waals surface area contributed by atoms with Crippen LogP contribution in [0, 0.1) is 11.3 Å². The average molecular weight is 257 g/mol. The van der Waals surface area contributed by atoms with E-state index >= 15 is 0 Å². The minimum absolute atomic E-state index is 0.311. The highest BCUT2D eigenvalue weighted by atomic mass is 16.6. The number of hydrogen-bond acceptors (Lipinski definition) is 4. The van der Waals surface area contributed by atoms with Crippen LogP contribution in [0.25, 0.3) is 11.0 Å². The van der Waals surface area contributed by atoms with Gasteiger partial charge in [-0.15, -0.1) is 0 Å². The summed E-state index contributed by atoms with van der Waals surface area (Å²) < 4.78 is 13.1. The number of nitrogens with zero attached hydrogens (tertiary/aromatic N) is 3. The first-order valence-corrected chi connectivity index (χ1v) is 6.49. The smallest absolute Gasteiger partial charge is 0.163 e. The number of ether oxygens (including phenoxy) is 2. The molecule has 0 saturated heterocycles. The zero-order valence-corrected chi connectivity index (χ0v) is 10.8. The molecule has 98 valence electrons. The molecule has 0 bridgehead atoms. The van der Waals surface area contributed by atoms with Crippen molar-refractivity contribution in [2.45, 2.75) is 26.3 Å². The third kappa shape index (κ3) is 1.99. The highest BCUT2D eigenvalue weighted by molar-refractivity contribution is 5.81. The van der Waals surface area contributed by atoms with E-state index in [1.54, 1.807) is 0 Å². The van der Waals surface area contributed by atoms with E-state index in [4.69, 9.17) is 14.7 Å². The molecule has 0 unspecified atom stereocenters. The maximum Gasteiger partial charge on any atom is 0.163 e. The number of rotatable bonds is 3. The molecule has 0 radical (unpaired) electrons. The molecule has 0 fully saturated rings. The summed E-state index contributed by atoms with van der Waals surface area (Å²) in [7, 11) is 0. The molecule has 0 atom stereocenters. The minimum Gasteiger partial charge on any atom is -0.486 e. The largest absolute Gasteiger partial charge is 0.486 e. The summed E-state index contributed by atoms with van der Waals surface area (Å²) in [6.45, 7) is 3.55. The van der Waals surface area contributed by atoms with Gasteiger partial charge in [0.05, 0.1) is 17.1 Å². The number of aryl methyl sites for hydroxylation is 1. The van der Waals surface area contributed by atoms with Crippen molar-refractivity contribution in [3.05, 3.63) is 18.0 Å². The van der Waals surface area contributed by atoms with Gasteiger partial charge in [-0.2, -0.15) is 5.26 Å². The quantitative estimate of drug-likeness (QED) is 0.846. The molecule has 5 nitrogen and oxygen atoms in total. The van der Waals surface area contributed by atoms with Crippen molar-refractivity contribution < 1.29 is 9.47 Å². The summed E-state index contributed by atoms with van der Waals surface area (Å²) in [5, 5.41) is 8.97. The van der Waals surface area contributed by atoms with Gasteiger partial charge in [-0.05, 0) is 6.42 Å². The Kier molecular flexibility index (Phi) is 3.00. The van der Waals surface area contributed by atoms with Crippen LogP contribution in [0.2, 0.25) is 0 Å². The van der Waals surface area contributed by atoms with E-state index in [9.17, 15) is 0 Å². The van der Waals surface area contributed by atoms with Gasteiger partial charge in [-0.25, -0.2) is 4.98 Å². The van der Waals surface area contributed by atoms with Crippen molar-refractivity contribution in [3.63, 3.8) is 0 Å². The first-order valence-electron chi connectivity index (χ1n) is 6.49. The standard InChI is InChI=1S/C14H15N3O2/c1-2-3-14-16-10-8-12-13(19-7-6-18-12)9-11(10)17(14)5-4-15/h8-9H,2-3,5-7H2,1H3. The Morgan fingerprint density at radius 2 is 2.05 bits per heavy atom. The summed E-state index contributed by atoms with van der Waals surface area (Å²) in [5.74, 6) is 2.42. The minimum atomic E-state index is 0.311. The second kappa shape index (κ2) is 4.81. The third-order valence-corrected chi connectivity index (χ3v) is 3.19. The predicted octanol–water partition coefficient (Wildman–Crippen LogP) is 2.28. The Morgan fingerprint density at radius 3 is 2.74 bits per heavy atom. The summed E-state index contributed by atoms with van der Waals surface area (Å²) in [4.78, 5) is 4.61. The molecule has 0 N–H and O–H groups in total. The Labute approximate surface area is 111 Å². The molecule has 2 aromatic rings. The topological polar surface area (TPSA) is 60.1 Å². The molecule has 2 heterocycles. The van der Waals surface area contributed by atoms with Crippen LogP contribution in [0.4, 0.5) is 0 Å². The zero-order chi connectivity index (χ0) is 13.2. The van der Waals surface area contributed by atoms with Crippen LogP contribution in [-0.2, 0) is 13.0 Å². The first-order chi connectivity index (χ1) is 9.33. The number of hydrogen-bond donors (Lipinski definition) is 0. The number of aromatic nitrogens is 2. The highest BCUT2D eigenvalue weighted by Crippen LogP contribution is 2.34. The van der Waals surface area contributed by atoms with Crippen molar-refractivity contribution >= 4 is 11.0 Å². The molecule has 1 aliphatic rings. The van der Waals surface area contributed by atoms with E-state index in [2.05, 4.69) is 18.0 Å². The third-order valence-electron chi connectivity index (χ3n) is 3.19. The molecule has 0 aliphatic carbocycles. The normalized spacial score (nSPS) is 13.5. The molecule has 0 amide bonds. The van der Waals surface area contributed by atoms with Crippen LogP contribution in [-0.4, -0.2) is 22.8 Å². The van der Waals surface area contributed by atoms with Gasteiger partial charge < -0.3 is 14.0 Å². The molecule has 19 heavy (non-hydrogen) atoms. The Hall–Kier alpha value is -2.22. The van der Waals surface area contributed by atoms with Crippen LogP contribution in [0.5, 0.6) is 11.5 Å². The molecule has 5 heteroatoms. The van der Waals surface area contributed by atoms with Crippen LogP contribution < -0.4 is 9.47 Å². The number of fused-ring (bicyclic) bond motifs is 2. The van der Waals surface area contributed by atoms with Gasteiger partial charge in [0.25, 0.3) is 0 Å². The van der Waals surface area contributed by atoms with Gasteiger partial charge in [-0.1, -0.05) is 6.92 Å². The molecule has 1 aromatic carbocycles. The number of imidazole rings is 1. The van der Waals surface area contributed by atoms with Crippen LogP contribution in [0.15, 0.2) is 12.1 Å². The number of nitriles is 1. The van der Waals surface area contributed by atoms with Crippen molar-refractivity contribution in [2.24, 2.45) is 0 Å². The van der Waals surface area contributed by atoms with Gasteiger partial charge in [0.15, 0.2) is 11.5 Å². The fraction of sp³-hybridized carbons (Fsp3) is 0.429. The molecular weight excluding hydrogens is 242 g/mol. The van der Waals surface area contributed by atoms with E-state index in [-0.39, 0.29) is 0 Å². The van der Waals surface area contributed by atoms with E-state index in [0.717, 1.165) is 41.2 Å². The van der Waals surface area contributed by atoms with Crippen molar-refractivity contribution in [1.29, 1.82) is 5.26 Å². The van der Waals surface area contributed by atoms with Gasteiger partial charge in [0.2, 0.25) is 0 Å². The number of benzene rings is 1. The summed E-state index contributed by atoms with van der Waals surface area (Å²) in [6.07, 6.45) is 1.87. The highest BCUT2D eigenvalue weighted by Gasteiger charge is 2.17. The van der Waals surface area contributed by atoms with E-state index in [1.165, 1.54) is 0 Å². The lowest BCUT2D eigenvalue weighted by molar-refractivity contribution is 0.172. The monoisotopic (exact) mass is 257 g/mol. The van der Waals surface area contributed by atoms with Crippen LogP contribution in [0.1, 0.15) is 19.2 Å². The Bertz CT molecular complexity index is 655. The maximum absolute atomic E-state index is 8.97. The lowest BCUT2D eigenvalue weighted by atomic mass is 10.2. The second-order valence-electron chi connectivity index (χ2n) is 4.51. The van der Waals surface area contributed by atoms with E-state index in [0.29, 0.717) is 19.8 Å². The fourth-order valence-corrected chi connectivity index (χ4v) is 2.37. The summed E-state index contributed by atoms with van der Waals surface area (Å²) in [6, 6.07) is 6.02. The fourth-order valence-electron chi connectivity index (χ4n) is 2.37. The Balaban J connectivity index is 2.18. The van der Waals surface area contributed by atoms with Gasteiger partial charge in [0, 0.05) is 18.6 Å². The predicted molar refractivity (Wildman–Crippen MR) is 70.3 cm³/mol. The van der Waals surface area contributed by atoms with E-state index < -0.39 is 0 Å². The lowest BCUT2D eigenvalue weighted by Gasteiger charge is -2.18. The van der Waals surface area contributed by atoms with E-state index in [1.807, 2.05) is 16.7 Å². The van der Waals surface area contributed by atoms with Gasteiger partial charge in [0.1, 0.15) is 25.6 Å². The SMILES string of the molecule is CCCc1nc2cc3c(cc2n1CC#N)OCCO3. The molecular formula is C14H15N3O2. The van der Waals surface area contributed by atoms with Crippen LogP contribution >= 0.6 is 0 Å². The molecule has 1 aliphatic heterocycles. The Morgan fingerprint density at radius 1 is 1.32 bits per heavy atom. The second-order valence-corrected chi connectivity index (χ2v) is 4.51. The lowest BCUT2D eigenvalue weighted by Crippen LogP contribution is -2.15. The van der Waals surface area contributed by atoms with Gasteiger partial charge >= 0.3 is 0 Å². The van der Waals surface area contributed by atoms with Crippen molar-refractivity contribution in [1.82, 2.24) is 9.55 Å². The molecule has 0 spiro atoms. The van der Waals surface area contributed by atoms with Crippen LogP contribution in [0.3, 0.4) is 0 Å². The van der Waals surface area contributed by atoms with Crippen molar-refractivity contribution in [3.8, 4) is 17.6 Å². The van der Waals surface area contributed by atoms with Gasteiger partial charge in [-0.3, -0.25) is 0 Å². The molecule has 3 rings (SSSR count). The maximum atomic E-state index is 8.97. The molecule has 0 saturated carbocycles. The summed E-state index contributed by atoms with van der Waals surface area (Å²) in [5.41, 5.74) is 1.80. The first kappa shape index (κ1) is 11.8. The average Bonchev–Trinajstić information content (AvgIpc) is 2.75. The molecule has 1 aromatic heterocycles. The summed E-state index contributed by atoms with van der Waals surface area (Å²) >= 11 is 0. The van der Waals surface area contributed by atoms with Crippen molar-refractivity contribution in [2.75, 3.05) is 13.2 Å². The zero-order valence-electron chi connectivity index (χ0n) is 10.8.